The summed E-state index contributed by atoms with van der Waals surface area (Å²) in [6.45, 7) is 0. The monoisotopic (exact) mass is 230 g/mol. The minimum atomic E-state index is 0. The Hall–Kier alpha value is 0.220. The molecule has 11 heavy (non-hydrogen) atoms. The van der Waals surface area contributed by atoms with Gasteiger partial charge in [0.15, 0.2) is 0 Å². The summed E-state index contributed by atoms with van der Waals surface area (Å²) < 4.78 is 3.19. The first-order valence-electron chi connectivity index (χ1n) is 0.309. The van der Waals surface area contributed by atoms with Crippen molar-refractivity contribution in [2.45, 2.75) is 0 Å². The molecule has 0 aromatic rings. The van der Waals surface area contributed by atoms with Crippen LogP contribution in [0.4, 0.5) is 0 Å². The van der Waals surface area contributed by atoms with E-state index in [1.54, 1.807) is 0 Å². The highest BCUT2D eigenvalue weighted by molar-refractivity contribution is 6.24. The van der Waals surface area contributed by atoms with Crippen LogP contribution >= 0.6 is 23.7 Å². The Balaban J connectivity index is -0.000000000714. The highest BCUT2D eigenvalue weighted by Gasteiger charge is 1.38. The van der Waals surface area contributed by atoms with Crippen molar-refractivity contribution >= 4 is 23.7 Å². The molecule has 0 spiro atoms. The molecule has 0 unspecified atom stereocenters. The molecule has 0 aliphatic heterocycles. The van der Waals surface area contributed by atoms with Crippen LogP contribution < -0.4 is 0 Å². The number of rotatable bonds is 0. The van der Waals surface area contributed by atoms with E-state index in [0.29, 0.717) is 0 Å². The van der Waals surface area contributed by atoms with Crippen LogP contribution in [0.15, 0.2) is 0 Å². The molecular formula is H16Cl2O9. The predicted molar refractivity (Wildman–Crippen MR) is 41.7 cm³/mol. The van der Waals surface area contributed by atoms with E-state index in [1.165, 1.54) is 0 Å². The van der Waals surface area contributed by atoms with Gasteiger partial charge in [0.1, 0.15) is 0 Å². The molecule has 0 heterocycles. The molecule has 0 aliphatic rings. The van der Waals surface area contributed by atoms with Crippen molar-refractivity contribution < 1.29 is 47.7 Å². The molecule has 0 saturated heterocycles. The quantitative estimate of drug-likeness (QED) is 0.388. The van der Waals surface area contributed by atoms with Gasteiger partial charge >= 0.3 is 0 Å². The van der Waals surface area contributed by atoms with E-state index >= 15 is 0 Å². The molecule has 0 rings (SSSR count). The second kappa shape index (κ2) is 584. The first kappa shape index (κ1) is 238. The van der Waals surface area contributed by atoms with Gasteiger partial charge in [-0.1, -0.05) is 0 Å². The summed E-state index contributed by atoms with van der Waals surface area (Å²) in [5.74, 6) is 0. The average Bonchev–Trinajstić information content (AvgIpc) is 0.918. The lowest BCUT2D eigenvalue weighted by atomic mass is 15.9. The van der Waals surface area contributed by atoms with Gasteiger partial charge in [-0.2, -0.15) is 3.84 Å². The third kappa shape index (κ3) is 14300. The van der Waals surface area contributed by atoms with E-state index in [2.05, 4.69) is 27.6 Å². The summed E-state index contributed by atoms with van der Waals surface area (Å²) in [7, 11) is 0. The molecule has 0 bridgehead atoms. The number of hydrogen-bond acceptors (Lipinski definition) is 1. The zero-order chi connectivity index (χ0) is 2.71. The topological polar surface area (TPSA) is 261 Å². The Kier molecular flexibility index (Phi) is 12600. The summed E-state index contributed by atoms with van der Waals surface area (Å²) in [4.78, 5) is 0. The van der Waals surface area contributed by atoms with Crippen molar-refractivity contribution in [1.29, 1.82) is 0 Å². The minimum absolute atomic E-state index is 0. The highest BCUT2D eigenvalue weighted by Crippen LogP contribution is 1.78. The van der Waals surface area contributed by atoms with Gasteiger partial charge in [-0.25, -0.2) is 0 Å². The maximum atomic E-state index is 4.26. The lowest BCUT2D eigenvalue weighted by molar-refractivity contribution is 0.697. The zero-order valence-corrected chi connectivity index (χ0v) is 6.68. The van der Waals surface area contributed by atoms with Crippen LogP contribution in [0, 0.1) is 0 Å². The van der Waals surface area contributed by atoms with E-state index in [1.807, 2.05) is 0 Å². The second-order valence-corrected chi connectivity index (χ2v) is 0.525. The minimum Gasteiger partial charge on any atom is -0.412 e. The molecule has 0 aromatic heterocycles. The van der Waals surface area contributed by atoms with Crippen LogP contribution in [-0.4, -0.2) is 43.8 Å². The summed E-state index contributed by atoms with van der Waals surface area (Å²) in [5, 5.41) is 0. The maximum Gasteiger partial charge on any atom is 0.0832 e. The van der Waals surface area contributed by atoms with Crippen LogP contribution in [-0.2, 0) is 3.84 Å². The summed E-state index contributed by atoms with van der Waals surface area (Å²) in [6, 6.07) is 0. The van der Waals surface area contributed by atoms with E-state index in [9.17, 15) is 0 Å². The van der Waals surface area contributed by atoms with E-state index in [4.69, 9.17) is 0 Å². The fraction of sp³-hybridized carbons (Fsp3) is 0. The van der Waals surface area contributed by atoms with Gasteiger partial charge in [0.2, 0.25) is 0 Å². The first-order valence-corrected chi connectivity index (χ1v) is 0.926. The molecule has 16 N–H and O–H groups in total. The van der Waals surface area contributed by atoms with Gasteiger partial charge in [0.25, 0.3) is 0 Å². The van der Waals surface area contributed by atoms with Crippen molar-refractivity contribution in [3.8, 4) is 0 Å². The smallest absolute Gasteiger partial charge is 0.0832 e. The van der Waals surface area contributed by atoms with E-state index < -0.39 is 0 Å². The van der Waals surface area contributed by atoms with Gasteiger partial charge < -0.3 is 43.8 Å². The zero-order valence-electron chi connectivity index (χ0n) is 5.16. The standard InChI is InChI=1S/Cl2O.8H2O/c1-3-2;;;;;;;;/h;8*1H2. The van der Waals surface area contributed by atoms with Gasteiger partial charge in [0.05, 0.1) is 23.7 Å². The van der Waals surface area contributed by atoms with Gasteiger partial charge in [-0.3, -0.25) is 0 Å². The molecule has 0 aromatic carbocycles. The Morgan fingerprint density at radius 1 is 0.455 bits per heavy atom. The van der Waals surface area contributed by atoms with Crippen molar-refractivity contribution in [3.63, 3.8) is 0 Å². The van der Waals surface area contributed by atoms with Crippen molar-refractivity contribution in [1.82, 2.24) is 0 Å². The summed E-state index contributed by atoms with van der Waals surface area (Å²) in [6.07, 6.45) is 0. The molecule has 84 valence electrons. The number of hydrogen-bond donors (Lipinski definition) is 0. The van der Waals surface area contributed by atoms with E-state index in [-0.39, 0.29) is 43.8 Å². The van der Waals surface area contributed by atoms with Crippen LogP contribution in [0.25, 0.3) is 0 Å². The molecule has 11 heteroatoms. The highest BCUT2D eigenvalue weighted by atomic mass is 35.6. The van der Waals surface area contributed by atoms with Crippen molar-refractivity contribution in [2.24, 2.45) is 0 Å². The van der Waals surface area contributed by atoms with Crippen molar-refractivity contribution in [2.75, 3.05) is 0 Å². The van der Waals surface area contributed by atoms with Crippen LogP contribution in [0.2, 0.25) is 0 Å². The molecule has 0 saturated carbocycles. The number of halogens is 2. The predicted octanol–water partition coefficient (Wildman–Crippen LogP) is -5.29. The largest absolute Gasteiger partial charge is 0.412 e. The Morgan fingerprint density at radius 2 is 0.455 bits per heavy atom. The Morgan fingerprint density at radius 3 is 0.455 bits per heavy atom. The lowest BCUT2D eigenvalue weighted by Crippen LogP contribution is -1.15. The fourth-order valence-electron chi connectivity index (χ4n) is 0. The third-order valence-electron chi connectivity index (χ3n) is 0. The normalized spacial score (nSPS) is 1.64. The maximum absolute atomic E-state index is 4.26. The van der Waals surface area contributed by atoms with Crippen LogP contribution in [0.1, 0.15) is 0 Å². The fourth-order valence-corrected chi connectivity index (χ4v) is 0. The summed E-state index contributed by atoms with van der Waals surface area (Å²) in [5.41, 5.74) is 0. The molecule has 0 amide bonds. The molecule has 0 radical (unpaired) electrons. The SMILES string of the molecule is ClOCl.O.O.O.O.O.O.O.O. The van der Waals surface area contributed by atoms with E-state index in [0.717, 1.165) is 0 Å². The molecule has 0 aliphatic carbocycles. The van der Waals surface area contributed by atoms with Crippen molar-refractivity contribution in [3.05, 3.63) is 0 Å². The Labute approximate surface area is 72.3 Å². The van der Waals surface area contributed by atoms with Crippen LogP contribution in [0.3, 0.4) is 0 Å². The third-order valence-corrected chi connectivity index (χ3v) is 0. The second-order valence-electron chi connectivity index (χ2n) is 0.0583. The molecular weight excluding hydrogens is 215 g/mol. The average molecular weight is 231 g/mol. The molecule has 0 fully saturated rings. The molecule has 0 atom stereocenters. The van der Waals surface area contributed by atoms with Crippen LogP contribution in [0.5, 0.6) is 0 Å². The van der Waals surface area contributed by atoms with Gasteiger partial charge in [-0.05, 0) is 0 Å². The first-order chi connectivity index (χ1) is 1.41. The van der Waals surface area contributed by atoms with Gasteiger partial charge in [0, 0.05) is 0 Å². The Bertz CT molecular complexity index is 7.52. The molecule has 9 nitrogen and oxygen atoms in total. The lowest BCUT2D eigenvalue weighted by Gasteiger charge is -1.46. The van der Waals surface area contributed by atoms with Gasteiger partial charge in [-0.15, -0.1) is 0 Å². The summed E-state index contributed by atoms with van der Waals surface area (Å²) >= 11 is 8.53.